The SMILES string of the molecule is CCOc1ccccc1C1NC(=O)N(CC(=O)Nc2ccc(Cl)cc2F)C2=C1C(=O)OC2. The molecular formula is C22H19ClFN3O5. The van der Waals surface area contributed by atoms with Gasteiger partial charge in [0, 0.05) is 10.6 Å². The summed E-state index contributed by atoms with van der Waals surface area (Å²) < 4.78 is 24.8. The fourth-order valence-corrected chi connectivity index (χ4v) is 3.80. The molecule has 166 valence electrons. The first kappa shape index (κ1) is 21.6. The maximum absolute atomic E-state index is 14.0. The quantitative estimate of drug-likeness (QED) is 0.645. The fraction of sp³-hybridized carbons (Fsp3) is 0.227. The Labute approximate surface area is 187 Å². The summed E-state index contributed by atoms with van der Waals surface area (Å²) in [6.45, 7) is 1.64. The molecule has 2 N–H and O–H groups in total. The molecule has 2 aromatic carbocycles. The van der Waals surface area contributed by atoms with Crippen LogP contribution in [0.4, 0.5) is 14.9 Å². The third-order valence-electron chi connectivity index (χ3n) is 5.04. The zero-order valence-corrected chi connectivity index (χ0v) is 17.7. The van der Waals surface area contributed by atoms with Crippen molar-refractivity contribution in [2.75, 3.05) is 25.1 Å². The largest absolute Gasteiger partial charge is 0.494 e. The van der Waals surface area contributed by atoms with Gasteiger partial charge in [-0.3, -0.25) is 9.69 Å². The molecule has 8 nitrogen and oxygen atoms in total. The molecule has 0 saturated heterocycles. The van der Waals surface area contributed by atoms with Crippen LogP contribution in [0.3, 0.4) is 0 Å². The summed E-state index contributed by atoms with van der Waals surface area (Å²) in [6.07, 6.45) is 0. The number of hydrogen-bond donors (Lipinski definition) is 2. The van der Waals surface area contributed by atoms with Gasteiger partial charge >= 0.3 is 12.0 Å². The Morgan fingerprint density at radius 3 is 2.84 bits per heavy atom. The molecule has 3 amide bonds. The van der Waals surface area contributed by atoms with Crippen LogP contribution in [0.1, 0.15) is 18.5 Å². The Kier molecular flexibility index (Phi) is 6.00. The number of anilines is 1. The summed E-state index contributed by atoms with van der Waals surface area (Å²) in [5.41, 5.74) is 1.03. The highest BCUT2D eigenvalue weighted by atomic mass is 35.5. The number of ether oxygens (including phenoxy) is 2. The third kappa shape index (κ3) is 4.11. The number of hydrogen-bond acceptors (Lipinski definition) is 5. The number of para-hydroxylation sites is 1. The topological polar surface area (TPSA) is 97.0 Å². The number of benzene rings is 2. The van der Waals surface area contributed by atoms with Crippen molar-refractivity contribution < 1.29 is 28.2 Å². The van der Waals surface area contributed by atoms with Gasteiger partial charge in [0.1, 0.15) is 24.7 Å². The molecule has 1 unspecified atom stereocenters. The summed E-state index contributed by atoms with van der Waals surface area (Å²) in [6, 6.07) is 9.48. The lowest BCUT2D eigenvalue weighted by Gasteiger charge is -2.33. The van der Waals surface area contributed by atoms with E-state index in [9.17, 15) is 18.8 Å². The van der Waals surface area contributed by atoms with Crippen LogP contribution in [-0.2, 0) is 14.3 Å². The van der Waals surface area contributed by atoms with Gasteiger partial charge in [0.05, 0.1) is 29.6 Å². The van der Waals surface area contributed by atoms with E-state index in [2.05, 4.69) is 10.6 Å². The number of nitrogens with zero attached hydrogens (tertiary/aromatic N) is 1. The van der Waals surface area contributed by atoms with Crippen molar-refractivity contribution in [1.82, 2.24) is 10.2 Å². The van der Waals surface area contributed by atoms with Gasteiger partial charge < -0.3 is 20.1 Å². The zero-order chi connectivity index (χ0) is 22.8. The number of nitrogens with one attached hydrogen (secondary N) is 2. The van der Waals surface area contributed by atoms with E-state index in [1.807, 2.05) is 6.92 Å². The number of rotatable bonds is 6. The van der Waals surface area contributed by atoms with Crippen molar-refractivity contribution in [2.45, 2.75) is 13.0 Å². The maximum atomic E-state index is 14.0. The van der Waals surface area contributed by atoms with Crippen LogP contribution in [0.2, 0.25) is 5.02 Å². The van der Waals surface area contributed by atoms with Crippen molar-refractivity contribution in [3.8, 4) is 5.75 Å². The average Bonchev–Trinajstić information content (AvgIpc) is 3.14. The molecule has 0 radical (unpaired) electrons. The van der Waals surface area contributed by atoms with Crippen LogP contribution in [0.5, 0.6) is 5.75 Å². The number of carbonyl (C=O) groups is 3. The summed E-state index contributed by atoms with van der Waals surface area (Å²) >= 11 is 5.72. The van der Waals surface area contributed by atoms with Gasteiger partial charge in [-0.15, -0.1) is 0 Å². The molecule has 2 aromatic rings. The lowest BCUT2D eigenvalue weighted by Crippen LogP contribution is -2.49. The number of cyclic esters (lactones) is 1. The Hall–Kier alpha value is -3.59. The Bertz CT molecular complexity index is 1140. The molecule has 0 bridgehead atoms. The Balaban J connectivity index is 1.61. The van der Waals surface area contributed by atoms with Gasteiger partial charge in [-0.2, -0.15) is 0 Å². The molecule has 0 aliphatic carbocycles. The molecule has 2 aliphatic rings. The second-order valence-electron chi connectivity index (χ2n) is 7.05. The molecule has 4 rings (SSSR count). The van der Waals surface area contributed by atoms with Crippen LogP contribution in [0.25, 0.3) is 0 Å². The zero-order valence-electron chi connectivity index (χ0n) is 17.0. The molecule has 0 spiro atoms. The lowest BCUT2D eigenvalue weighted by atomic mass is 9.95. The number of halogens is 2. The van der Waals surface area contributed by atoms with E-state index in [0.717, 1.165) is 11.0 Å². The van der Waals surface area contributed by atoms with E-state index in [-0.39, 0.29) is 28.6 Å². The van der Waals surface area contributed by atoms with Gasteiger partial charge in [0.2, 0.25) is 5.91 Å². The van der Waals surface area contributed by atoms with Crippen molar-refractivity contribution in [3.63, 3.8) is 0 Å². The molecule has 2 aliphatic heterocycles. The number of carbonyl (C=O) groups excluding carboxylic acids is 3. The number of amides is 3. The smallest absolute Gasteiger partial charge is 0.338 e. The predicted octanol–water partition coefficient (Wildman–Crippen LogP) is 3.39. The molecule has 0 saturated carbocycles. The van der Waals surface area contributed by atoms with E-state index >= 15 is 0 Å². The minimum atomic E-state index is -0.789. The predicted molar refractivity (Wildman–Crippen MR) is 114 cm³/mol. The van der Waals surface area contributed by atoms with Crippen molar-refractivity contribution in [3.05, 3.63) is 70.1 Å². The van der Waals surface area contributed by atoms with E-state index in [1.165, 1.54) is 12.1 Å². The summed E-state index contributed by atoms with van der Waals surface area (Å²) in [5, 5.41) is 5.34. The first-order valence-corrected chi connectivity index (χ1v) is 10.2. The maximum Gasteiger partial charge on any atom is 0.338 e. The summed E-state index contributed by atoms with van der Waals surface area (Å²) in [7, 11) is 0. The number of esters is 1. The molecule has 1 atom stereocenters. The van der Waals surface area contributed by atoms with E-state index in [0.29, 0.717) is 17.9 Å². The van der Waals surface area contributed by atoms with Gasteiger partial charge in [0.15, 0.2) is 0 Å². The molecule has 32 heavy (non-hydrogen) atoms. The van der Waals surface area contributed by atoms with Gasteiger partial charge in [-0.05, 0) is 31.2 Å². The molecule has 0 aromatic heterocycles. The molecule has 2 heterocycles. The van der Waals surface area contributed by atoms with E-state index < -0.39 is 36.3 Å². The molecule has 0 fully saturated rings. The van der Waals surface area contributed by atoms with E-state index in [1.54, 1.807) is 24.3 Å². The Morgan fingerprint density at radius 2 is 2.09 bits per heavy atom. The second kappa shape index (κ2) is 8.88. The highest BCUT2D eigenvalue weighted by molar-refractivity contribution is 6.30. The monoisotopic (exact) mass is 459 g/mol. The molecule has 10 heteroatoms. The fourth-order valence-electron chi connectivity index (χ4n) is 3.64. The second-order valence-corrected chi connectivity index (χ2v) is 7.48. The van der Waals surface area contributed by atoms with Gasteiger partial charge in [-0.1, -0.05) is 29.8 Å². The highest BCUT2D eigenvalue weighted by Gasteiger charge is 2.43. The van der Waals surface area contributed by atoms with Crippen molar-refractivity contribution in [1.29, 1.82) is 0 Å². The van der Waals surface area contributed by atoms with Crippen molar-refractivity contribution in [2.24, 2.45) is 0 Å². The highest BCUT2D eigenvalue weighted by Crippen LogP contribution is 2.38. The van der Waals surface area contributed by atoms with Crippen molar-refractivity contribution >= 4 is 35.2 Å². The normalized spacial score (nSPS) is 17.6. The summed E-state index contributed by atoms with van der Waals surface area (Å²) in [4.78, 5) is 39.0. The average molecular weight is 460 g/mol. The van der Waals surface area contributed by atoms with E-state index in [4.69, 9.17) is 21.1 Å². The van der Waals surface area contributed by atoms with Gasteiger partial charge in [0.25, 0.3) is 0 Å². The van der Waals surface area contributed by atoms with Crippen LogP contribution < -0.4 is 15.4 Å². The lowest BCUT2D eigenvalue weighted by molar-refractivity contribution is -0.136. The summed E-state index contributed by atoms with van der Waals surface area (Å²) in [5.74, 6) is -1.43. The number of urea groups is 1. The van der Waals surface area contributed by atoms with Crippen LogP contribution in [0, 0.1) is 5.82 Å². The third-order valence-corrected chi connectivity index (χ3v) is 5.27. The first-order chi connectivity index (χ1) is 15.4. The standard InChI is InChI=1S/C22H19ClFN3O5/c1-2-31-17-6-4-3-5-13(17)20-19-16(11-32-21(19)29)27(22(30)26-20)10-18(28)25-15-8-7-12(23)9-14(15)24/h3-9,20H,2,10-11H2,1H3,(H,25,28)(H,26,30). The minimum Gasteiger partial charge on any atom is -0.494 e. The van der Waals surface area contributed by atoms with Crippen LogP contribution >= 0.6 is 11.6 Å². The van der Waals surface area contributed by atoms with Crippen LogP contribution in [-0.4, -0.2) is 42.6 Å². The minimum absolute atomic E-state index is 0.0757. The molecular weight excluding hydrogens is 441 g/mol. The van der Waals surface area contributed by atoms with Gasteiger partial charge in [-0.25, -0.2) is 14.0 Å². The first-order valence-electron chi connectivity index (χ1n) is 9.83. The van der Waals surface area contributed by atoms with Crippen LogP contribution in [0.15, 0.2) is 53.7 Å². The Morgan fingerprint density at radius 1 is 1.31 bits per heavy atom.